The van der Waals surface area contributed by atoms with E-state index in [1.54, 1.807) is 17.5 Å². The van der Waals surface area contributed by atoms with Crippen LogP contribution in [0.25, 0.3) is 0 Å². The Bertz CT molecular complexity index is 935. The summed E-state index contributed by atoms with van der Waals surface area (Å²) in [7, 11) is -3.41. The van der Waals surface area contributed by atoms with Crippen LogP contribution in [-0.4, -0.2) is 67.2 Å². The van der Waals surface area contributed by atoms with Crippen LogP contribution in [0.3, 0.4) is 0 Å². The van der Waals surface area contributed by atoms with Gasteiger partial charge in [0.15, 0.2) is 0 Å². The molecule has 0 radical (unpaired) electrons. The van der Waals surface area contributed by atoms with E-state index in [0.29, 0.717) is 36.9 Å². The normalized spacial score (nSPS) is 20.0. The van der Waals surface area contributed by atoms with Gasteiger partial charge in [0.2, 0.25) is 5.91 Å². The molecule has 2 aromatic rings. The second-order valence-corrected chi connectivity index (χ2v) is 10.4. The lowest BCUT2D eigenvalue weighted by Crippen LogP contribution is -2.55. The minimum absolute atomic E-state index is 0.129. The van der Waals surface area contributed by atoms with Gasteiger partial charge in [-0.15, -0.1) is 11.3 Å². The maximum absolute atomic E-state index is 13.0. The number of sulfonamides is 1. The van der Waals surface area contributed by atoms with Crippen molar-refractivity contribution in [2.75, 3.05) is 32.7 Å². The zero-order valence-corrected chi connectivity index (χ0v) is 17.6. The number of hydrogen-bond acceptors (Lipinski definition) is 5. The summed E-state index contributed by atoms with van der Waals surface area (Å²) in [4.78, 5) is 17.1. The van der Waals surface area contributed by atoms with Crippen molar-refractivity contribution in [3.8, 4) is 0 Å². The molecule has 1 atom stereocenters. The second kappa shape index (κ2) is 7.94. The predicted molar refractivity (Wildman–Crippen MR) is 110 cm³/mol. The summed E-state index contributed by atoms with van der Waals surface area (Å²) in [5.74, 6) is 0.129. The number of piperazine rings is 1. The van der Waals surface area contributed by atoms with Gasteiger partial charge in [-0.25, -0.2) is 8.42 Å². The summed E-state index contributed by atoms with van der Waals surface area (Å²) in [6, 6.07) is 11.4. The molecule has 1 saturated heterocycles. The highest BCUT2D eigenvalue weighted by Crippen LogP contribution is 2.24. The van der Waals surface area contributed by atoms with E-state index in [4.69, 9.17) is 0 Å². The third-order valence-corrected chi connectivity index (χ3v) is 8.98. The van der Waals surface area contributed by atoms with E-state index in [-0.39, 0.29) is 11.9 Å². The molecule has 3 heterocycles. The Balaban J connectivity index is 1.36. The third kappa shape index (κ3) is 3.74. The zero-order valence-electron chi connectivity index (χ0n) is 16.0. The number of thiophene rings is 1. The first kappa shape index (κ1) is 19.6. The molecular weight excluding hydrogens is 394 g/mol. The number of benzene rings is 1. The number of carbonyl (C=O) groups is 1. The Morgan fingerprint density at radius 3 is 2.39 bits per heavy atom. The van der Waals surface area contributed by atoms with E-state index in [1.165, 1.54) is 26.8 Å². The highest BCUT2D eigenvalue weighted by atomic mass is 32.2. The maximum Gasteiger partial charge on any atom is 0.252 e. The number of nitrogens with zero attached hydrogens (tertiary/aromatic N) is 3. The van der Waals surface area contributed by atoms with Crippen LogP contribution in [0.5, 0.6) is 0 Å². The van der Waals surface area contributed by atoms with E-state index >= 15 is 0 Å². The molecular formula is C20H25N3O3S2. The van der Waals surface area contributed by atoms with Crippen molar-refractivity contribution in [2.45, 2.75) is 30.1 Å². The maximum atomic E-state index is 13.0. The van der Waals surface area contributed by atoms with Crippen molar-refractivity contribution in [3.05, 3.63) is 52.9 Å². The molecule has 28 heavy (non-hydrogen) atoms. The fraction of sp³-hybridized carbons (Fsp3) is 0.450. The van der Waals surface area contributed by atoms with E-state index < -0.39 is 10.0 Å². The van der Waals surface area contributed by atoms with E-state index in [0.717, 1.165) is 13.0 Å². The van der Waals surface area contributed by atoms with Gasteiger partial charge >= 0.3 is 0 Å². The smallest absolute Gasteiger partial charge is 0.252 e. The molecule has 2 aliphatic rings. The van der Waals surface area contributed by atoms with Crippen LogP contribution < -0.4 is 0 Å². The van der Waals surface area contributed by atoms with E-state index in [9.17, 15) is 13.2 Å². The van der Waals surface area contributed by atoms with Gasteiger partial charge in [0.25, 0.3) is 10.0 Å². The lowest BCUT2D eigenvalue weighted by Gasteiger charge is -2.39. The first-order valence-corrected chi connectivity index (χ1v) is 11.9. The summed E-state index contributed by atoms with van der Waals surface area (Å²) >= 11 is 1.24. The molecule has 1 amide bonds. The van der Waals surface area contributed by atoms with E-state index in [1.807, 2.05) is 24.0 Å². The van der Waals surface area contributed by atoms with Crippen molar-refractivity contribution in [2.24, 2.45) is 0 Å². The lowest BCUT2D eigenvalue weighted by molar-refractivity contribution is -0.137. The first-order chi connectivity index (χ1) is 13.5. The summed E-state index contributed by atoms with van der Waals surface area (Å²) in [6.07, 6.45) is 0.890. The van der Waals surface area contributed by atoms with Gasteiger partial charge in [-0.3, -0.25) is 9.69 Å². The van der Waals surface area contributed by atoms with Crippen LogP contribution in [0.15, 0.2) is 46.0 Å². The monoisotopic (exact) mass is 419 g/mol. The molecule has 1 aromatic heterocycles. The highest BCUT2D eigenvalue weighted by Gasteiger charge is 2.34. The van der Waals surface area contributed by atoms with Gasteiger partial charge in [0.05, 0.1) is 6.04 Å². The molecule has 8 heteroatoms. The zero-order chi connectivity index (χ0) is 19.7. The molecule has 0 saturated carbocycles. The molecule has 0 aliphatic carbocycles. The molecule has 150 valence electrons. The number of fused-ring (bicyclic) bond motifs is 1. The van der Waals surface area contributed by atoms with Gasteiger partial charge in [-0.1, -0.05) is 30.3 Å². The molecule has 0 bridgehead atoms. The number of amides is 1. The Kier molecular flexibility index (Phi) is 5.55. The lowest BCUT2D eigenvalue weighted by atomic mass is 9.99. The third-order valence-electron chi connectivity index (χ3n) is 5.71. The predicted octanol–water partition coefficient (Wildman–Crippen LogP) is 2.03. The fourth-order valence-electron chi connectivity index (χ4n) is 3.97. The SMILES string of the molecule is C[C@@H](C(=O)N1CCc2ccccc2C1)N1CCN(S(=O)(=O)c2cccs2)CC1. The molecule has 0 spiro atoms. The van der Waals surface area contributed by atoms with Gasteiger partial charge in [-0.05, 0) is 35.9 Å². The van der Waals surface area contributed by atoms with Gasteiger partial charge < -0.3 is 4.90 Å². The van der Waals surface area contributed by atoms with Crippen LogP contribution in [0, 0.1) is 0 Å². The molecule has 1 fully saturated rings. The molecule has 6 nitrogen and oxygen atoms in total. The van der Waals surface area contributed by atoms with Crippen molar-refractivity contribution >= 4 is 27.3 Å². The van der Waals surface area contributed by atoms with Crippen LogP contribution in [0.1, 0.15) is 18.1 Å². The highest BCUT2D eigenvalue weighted by molar-refractivity contribution is 7.91. The molecule has 4 rings (SSSR count). The molecule has 0 unspecified atom stereocenters. The van der Waals surface area contributed by atoms with Gasteiger partial charge in [0, 0.05) is 39.3 Å². The quantitative estimate of drug-likeness (QED) is 0.761. The number of carbonyl (C=O) groups excluding carboxylic acids is 1. The summed E-state index contributed by atoms with van der Waals surface area (Å²) in [5.41, 5.74) is 2.55. The van der Waals surface area contributed by atoms with Crippen molar-refractivity contribution in [1.82, 2.24) is 14.1 Å². The topological polar surface area (TPSA) is 60.9 Å². The Hall–Kier alpha value is -1.74. The van der Waals surface area contributed by atoms with Crippen molar-refractivity contribution in [3.63, 3.8) is 0 Å². The molecule has 1 aromatic carbocycles. The number of rotatable bonds is 4. The molecule has 0 N–H and O–H groups in total. The van der Waals surface area contributed by atoms with Crippen LogP contribution in [0.2, 0.25) is 0 Å². The number of hydrogen-bond donors (Lipinski definition) is 0. The summed E-state index contributed by atoms with van der Waals surface area (Å²) in [6.45, 7) is 5.32. The average Bonchev–Trinajstić information content (AvgIpc) is 3.28. The van der Waals surface area contributed by atoms with E-state index in [2.05, 4.69) is 17.0 Å². The largest absolute Gasteiger partial charge is 0.337 e. The average molecular weight is 420 g/mol. The summed E-state index contributed by atoms with van der Waals surface area (Å²) < 4.78 is 27.2. The fourth-order valence-corrected chi connectivity index (χ4v) is 6.54. The van der Waals surface area contributed by atoms with Crippen LogP contribution in [-0.2, 0) is 27.8 Å². The van der Waals surface area contributed by atoms with Crippen molar-refractivity contribution in [1.29, 1.82) is 0 Å². The standard InChI is InChI=1S/C20H25N3O3S2/c1-16(20(24)22-9-8-17-5-2-3-6-18(17)15-22)21-10-12-23(13-11-21)28(25,26)19-7-4-14-27-19/h2-7,14,16H,8-13,15H2,1H3/t16-/m0/s1. The molecule has 2 aliphatic heterocycles. The van der Waals surface area contributed by atoms with Crippen molar-refractivity contribution < 1.29 is 13.2 Å². The summed E-state index contributed by atoms with van der Waals surface area (Å²) in [5, 5.41) is 1.78. The Labute approximate surface area is 170 Å². The Morgan fingerprint density at radius 2 is 1.71 bits per heavy atom. The van der Waals surface area contributed by atoms with Gasteiger partial charge in [0.1, 0.15) is 4.21 Å². The second-order valence-electron chi connectivity index (χ2n) is 7.33. The Morgan fingerprint density at radius 1 is 1.00 bits per heavy atom. The van der Waals surface area contributed by atoms with Gasteiger partial charge in [-0.2, -0.15) is 4.31 Å². The minimum atomic E-state index is -3.41. The minimum Gasteiger partial charge on any atom is -0.337 e. The first-order valence-electron chi connectivity index (χ1n) is 9.60. The van der Waals surface area contributed by atoms with Crippen LogP contribution in [0.4, 0.5) is 0 Å². The van der Waals surface area contributed by atoms with Crippen LogP contribution >= 0.6 is 11.3 Å².